The van der Waals surface area contributed by atoms with E-state index >= 15 is 0 Å². The van der Waals surface area contributed by atoms with Crippen LogP contribution in [0.25, 0.3) is 10.9 Å². The van der Waals surface area contributed by atoms with Crippen molar-refractivity contribution in [2.24, 2.45) is 0 Å². The lowest BCUT2D eigenvalue weighted by atomic mass is 10.1. The Morgan fingerprint density at radius 3 is 2.87 bits per heavy atom. The van der Waals surface area contributed by atoms with Crippen LogP contribution in [0, 0.1) is 0 Å². The molecule has 2 aromatic carbocycles. The minimum atomic E-state index is -0.0114. The van der Waals surface area contributed by atoms with E-state index in [9.17, 15) is 4.79 Å². The number of fused-ring (bicyclic) bond motifs is 1. The molecule has 23 heavy (non-hydrogen) atoms. The van der Waals surface area contributed by atoms with Crippen LogP contribution in [0.15, 0.2) is 65.9 Å². The number of aromatic nitrogens is 2. The summed E-state index contributed by atoms with van der Waals surface area (Å²) in [5, 5.41) is 4.17. The van der Waals surface area contributed by atoms with Crippen molar-refractivity contribution < 1.29 is 4.79 Å². The zero-order valence-electron chi connectivity index (χ0n) is 12.3. The van der Waals surface area contributed by atoms with Gasteiger partial charge in [-0.05, 0) is 42.0 Å². The van der Waals surface area contributed by atoms with Gasteiger partial charge in [0.2, 0.25) is 0 Å². The minimum absolute atomic E-state index is 0.0114. The van der Waals surface area contributed by atoms with E-state index in [1.54, 1.807) is 0 Å². The fourth-order valence-corrected chi connectivity index (χ4v) is 2.69. The Labute approximate surface area is 142 Å². The summed E-state index contributed by atoms with van der Waals surface area (Å²) in [6.07, 6.45) is 3.19. The molecule has 3 aromatic rings. The van der Waals surface area contributed by atoms with Crippen LogP contribution in [0.3, 0.4) is 0 Å². The number of benzene rings is 2. The van der Waals surface area contributed by atoms with Crippen molar-refractivity contribution in [2.75, 3.05) is 5.32 Å². The monoisotopic (exact) mass is 367 g/mol. The molecule has 0 aliphatic rings. The normalized spacial score (nSPS) is 10.5. The molecule has 0 fully saturated rings. The smallest absolute Gasteiger partial charge is 0.159 e. The number of nitrogens with one attached hydrogen (secondary N) is 1. The van der Waals surface area contributed by atoms with Gasteiger partial charge in [-0.1, -0.05) is 34.6 Å². The molecule has 0 saturated heterocycles. The first-order chi connectivity index (χ1) is 11.2. The zero-order valence-corrected chi connectivity index (χ0v) is 13.9. The van der Waals surface area contributed by atoms with Crippen molar-refractivity contribution in [1.29, 1.82) is 0 Å². The molecule has 1 N–H and O–H groups in total. The number of carbonyl (C=O) groups is 1. The van der Waals surface area contributed by atoms with E-state index in [1.165, 1.54) is 12.4 Å². The summed E-state index contributed by atoms with van der Waals surface area (Å²) >= 11 is 3.45. The van der Waals surface area contributed by atoms with Crippen molar-refractivity contribution in [3.05, 3.63) is 71.5 Å². The van der Waals surface area contributed by atoms with Crippen LogP contribution in [-0.2, 0) is 11.2 Å². The van der Waals surface area contributed by atoms with Gasteiger partial charge in [0.15, 0.2) is 5.78 Å². The molecule has 0 atom stereocenters. The second kappa shape index (κ2) is 6.71. The molecule has 0 amide bonds. The summed E-state index contributed by atoms with van der Waals surface area (Å²) in [6.45, 7) is 3.51. The average molecular weight is 368 g/mol. The van der Waals surface area contributed by atoms with E-state index in [2.05, 4.69) is 37.8 Å². The summed E-state index contributed by atoms with van der Waals surface area (Å²) in [6, 6.07) is 13.6. The number of hydrogen-bond acceptors (Lipinski definition) is 4. The lowest BCUT2D eigenvalue weighted by Gasteiger charge is -2.09. The summed E-state index contributed by atoms with van der Waals surface area (Å²) in [5.41, 5.74) is 2.66. The van der Waals surface area contributed by atoms with Gasteiger partial charge < -0.3 is 5.32 Å². The molecule has 114 valence electrons. The molecular formula is C18H14BrN3O. The molecule has 0 saturated carbocycles. The van der Waals surface area contributed by atoms with Crippen molar-refractivity contribution in [2.45, 2.75) is 6.42 Å². The van der Waals surface area contributed by atoms with Gasteiger partial charge in [0.05, 0.1) is 5.52 Å². The maximum Gasteiger partial charge on any atom is 0.159 e. The number of allylic oxidation sites excluding steroid dienone is 1. The van der Waals surface area contributed by atoms with Gasteiger partial charge in [-0.2, -0.15) is 0 Å². The van der Waals surface area contributed by atoms with E-state index in [4.69, 9.17) is 0 Å². The summed E-state index contributed by atoms with van der Waals surface area (Å²) < 4.78 is 0.984. The molecule has 5 heteroatoms. The van der Waals surface area contributed by atoms with Gasteiger partial charge >= 0.3 is 0 Å². The second-order valence-corrected chi connectivity index (χ2v) is 5.97. The topological polar surface area (TPSA) is 54.9 Å². The van der Waals surface area contributed by atoms with E-state index in [0.29, 0.717) is 12.2 Å². The highest BCUT2D eigenvalue weighted by atomic mass is 79.9. The molecule has 0 aliphatic carbocycles. The van der Waals surface area contributed by atoms with Crippen LogP contribution in [0.1, 0.15) is 5.56 Å². The predicted molar refractivity (Wildman–Crippen MR) is 95.9 cm³/mol. The Morgan fingerprint density at radius 1 is 1.22 bits per heavy atom. The minimum Gasteiger partial charge on any atom is -0.340 e. The van der Waals surface area contributed by atoms with Crippen LogP contribution >= 0.6 is 15.9 Å². The largest absolute Gasteiger partial charge is 0.340 e. The summed E-state index contributed by atoms with van der Waals surface area (Å²) in [7, 11) is 0. The van der Waals surface area contributed by atoms with Gasteiger partial charge in [0.1, 0.15) is 12.1 Å². The number of hydrogen-bond donors (Lipinski definition) is 1. The summed E-state index contributed by atoms with van der Waals surface area (Å²) in [4.78, 5) is 20.2. The third kappa shape index (κ3) is 3.63. The third-order valence-electron chi connectivity index (χ3n) is 3.39. The Kier molecular flexibility index (Phi) is 4.48. The molecule has 0 spiro atoms. The third-order valence-corrected chi connectivity index (χ3v) is 3.89. The highest BCUT2D eigenvalue weighted by molar-refractivity contribution is 9.10. The van der Waals surface area contributed by atoms with Crippen LogP contribution in [0.2, 0.25) is 0 Å². The second-order valence-electron chi connectivity index (χ2n) is 5.06. The molecule has 0 unspecified atom stereocenters. The predicted octanol–water partition coefficient (Wildman–Crippen LogP) is 4.43. The molecule has 1 heterocycles. The van der Waals surface area contributed by atoms with Crippen LogP contribution in [0.4, 0.5) is 11.5 Å². The number of carbonyl (C=O) groups excluding carboxylic acids is 1. The van der Waals surface area contributed by atoms with E-state index in [1.807, 2.05) is 42.5 Å². The number of anilines is 2. The highest BCUT2D eigenvalue weighted by Crippen LogP contribution is 2.25. The van der Waals surface area contributed by atoms with E-state index < -0.39 is 0 Å². The maximum absolute atomic E-state index is 11.6. The van der Waals surface area contributed by atoms with E-state index in [0.717, 1.165) is 26.6 Å². The molecule has 3 rings (SSSR count). The van der Waals surface area contributed by atoms with Gasteiger partial charge in [0, 0.05) is 22.0 Å². The van der Waals surface area contributed by atoms with Gasteiger partial charge in [-0.15, -0.1) is 0 Å². The molecule has 0 aliphatic heterocycles. The van der Waals surface area contributed by atoms with Crippen LogP contribution in [-0.4, -0.2) is 15.8 Å². The molecule has 4 nitrogen and oxygen atoms in total. The fraction of sp³-hybridized carbons (Fsp3) is 0.0556. The molecule has 1 aromatic heterocycles. The first-order valence-corrected chi connectivity index (χ1v) is 7.86. The number of rotatable bonds is 5. The lowest BCUT2D eigenvalue weighted by Crippen LogP contribution is -2.00. The SMILES string of the molecule is C=CC(=O)Cc1ccc2ncnc(Nc3cccc(Br)c3)c2c1. The number of nitrogens with zero attached hydrogens (tertiary/aromatic N) is 2. The number of ketones is 1. The first-order valence-electron chi connectivity index (χ1n) is 7.07. The zero-order chi connectivity index (χ0) is 16.2. The van der Waals surface area contributed by atoms with Crippen molar-refractivity contribution in [3.8, 4) is 0 Å². The van der Waals surface area contributed by atoms with Crippen LogP contribution < -0.4 is 5.32 Å². The molecule has 0 bridgehead atoms. The number of halogens is 1. The van der Waals surface area contributed by atoms with E-state index in [-0.39, 0.29) is 5.78 Å². The van der Waals surface area contributed by atoms with Gasteiger partial charge in [-0.3, -0.25) is 4.79 Å². The first kappa shape index (κ1) is 15.4. The van der Waals surface area contributed by atoms with Crippen molar-refractivity contribution in [3.63, 3.8) is 0 Å². The van der Waals surface area contributed by atoms with Crippen molar-refractivity contribution in [1.82, 2.24) is 9.97 Å². The van der Waals surface area contributed by atoms with Gasteiger partial charge in [-0.25, -0.2) is 9.97 Å². The standard InChI is InChI=1S/C18H14BrN3O/c1-2-15(23)8-12-6-7-17-16(9-12)18(21-11-20-17)22-14-5-3-4-13(19)10-14/h2-7,9-11H,1,8H2,(H,20,21,22). The van der Waals surface area contributed by atoms with Crippen molar-refractivity contribution >= 4 is 44.1 Å². The lowest BCUT2D eigenvalue weighted by molar-refractivity contribution is -0.114. The Balaban J connectivity index is 2.00. The Bertz CT molecular complexity index is 892. The Hall–Kier alpha value is -2.53. The fourth-order valence-electron chi connectivity index (χ4n) is 2.29. The molecule has 0 radical (unpaired) electrons. The summed E-state index contributed by atoms with van der Waals surface area (Å²) in [5.74, 6) is 0.698. The van der Waals surface area contributed by atoms with Crippen LogP contribution in [0.5, 0.6) is 0 Å². The Morgan fingerprint density at radius 2 is 2.09 bits per heavy atom. The molecular weight excluding hydrogens is 354 g/mol. The van der Waals surface area contributed by atoms with Gasteiger partial charge in [0.25, 0.3) is 0 Å². The quantitative estimate of drug-likeness (QED) is 0.677. The average Bonchev–Trinajstić information content (AvgIpc) is 2.55. The highest BCUT2D eigenvalue weighted by Gasteiger charge is 2.07. The maximum atomic E-state index is 11.6.